The molecule has 0 aliphatic rings. The molecule has 4 heteroatoms. The standard InChI is InChI=1S/C24H39Si3.K/c1-23(2,3)26(7,8)25(27(9,10)24(4,5)6)22-18-16-21(17-19-22)20-14-12-11-13-15-20;/h11-19H,1-10H3;/q-1;+1. The van der Waals surface area contributed by atoms with Crippen molar-refractivity contribution in [2.75, 3.05) is 0 Å². The first-order chi connectivity index (χ1) is 12.2. The van der Waals surface area contributed by atoms with Gasteiger partial charge in [0.25, 0.3) is 0 Å². The largest absolute Gasteiger partial charge is 1.00 e. The first kappa shape index (κ1) is 26.8. The quantitative estimate of drug-likeness (QED) is 0.611. The number of hydrogen-bond acceptors (Lipinski definition) is 0. The minimum absolute atomic E-state index is 0. The Morgan fingerprint density at radius 2 is 0.929 bits per heavy atom. The predicted molar refractivity (Wildman–Crippen MR) is 132 cm³/mol. The minimum atomic E-state index is -1.45. The maximum Gasteiger partial charge on any atom is 1.00 e. The molecule has 0 saturated carbocycles. The van der Waals surface area contributed by atoms with Crippen molar-refractivity contribution in [3.8, 4) is 11.1 Å². The number of benzene rings is 2. The molecule has 28 heavy (non-hydrogen) atoms. The summed E-state index contributed by atoms with van der Waals surface area (Å²) in [6.45, 7) is 25.7. The van der Waals surface area contributed by atoms with E-state index in [1.54, 1.807) is 5.19 Å². The Kier molecular flexibility index (Phi) is 9.05. The molecule has 0 nitrogen and oxygen atoms in total. The third-order valence-electron chi connectivity index (χ3n) is 7.28. The molecule has 0 bridgehead atoms. The average molecular weight is 451 g/mol. The summed E-state index contributed by atoms with van der Waals surface area (Å²) in [4.78, 5) is 0. The van der Waals surface area contributed by atoms with Gasteiger partial charge < -0.3 is 0 Å². The topological polar surface area (TPSA) is 0 Å². The van der Waals surface area contributed by atoms with Gasteiger partial charge in [-0.3, -0.25) is 7.83 Å². The van der Waals surface area contributed by atoms with E-state index in [1.165, 1.54) is 11.1 Å². The Bertz CT molecular complexity index is 725. The van der Waals surface area contributed by atoms with Gasteiger partial charge in [0.1, 0.15) is 0 Å². The molecular formula is C24H39KSi3. The van der Waals surface area contributed by atoms with Crippen molar-refractivity contribution in [2.45, 2.75) is 77.8 Å². The van der Waals surface area contributed by atoms with Gasteiger partial charge in [-0.05, 0) is 11.1 Å². The van der Waals surface area contributed by atoms with Crippen LogP contribution >= 0.6 is 0 Å². The molecule has 2 rings (SSSR count). The molecule has 0 heterocycles. The Morgan fingerprint density at radius 3 is 1.29 bits per heavy atom. The molecule has 0 saturated heterocycles. The van der Waals surface area contributed by atoms with Crippen LogP contribution in [0.25, 0.3) is 11.1 Å². The molecule has 0 atom stereocenters. The van der Waals surface area contributed by atoms with Gasteiger partial charge in [-0.2, -0.15) is 0 Å². The smallest absolute Gasteiger partial charge is 0.279 e. The van der Waals surface area contributed by atoms with Crippen LogP contribution in [0.15, 0.2) is 54.6 Å². The van der Waals surface area contributed by atoms with Crippen LogP contribution in [-0.4, -0.2) is 23.0 Å². The van der Waals surface area contributed by atoms with Crippen molar-refractivity contribution < 1.29 is 51.4 Å². The Hall–Kier alpha value is 0.727. The molecule has 0 N–H and O–H groups in total. The molecule has 0 aliphatic heterocycles. The van der Waals surface area contributed by atoms with Crippen molar-refractivity contribution in [2.24, 2.45) is 0 Å². The average Bonchev–Trinajstić information content (AvgIpc) is 2.54. The zero-order valence-electron chi connectivity index (χ0n) is 20.2. The third-order valence-corrected chi connectivity index (χ3v) is 43.2. The van der Waals surface area contributed by atoms with E-state index in [4.69, 9.17) is 0 Å². The van der Waals surface area contributed by atoms with Crippen LogP contribution in [0.4, 0.5) is 0 Å². The van der Waals surface area contributed by atoms with E-state index in [1.807, 2.05) is 0 Å². The normalized spacial score (nSPS) is 13.1. The summed E-state index contributed by atoms with van der Waals surface area (Å²) in [6.07, 6.45) is 0. The van der Waals surface area contributed by atoms with Crippen molar-refractivity contribution in [1.29, 1.82) is 0 Å². The zero-order valence-corrected chi connectivity index (χ0v) is 26.3. The maximum absolute atomic E-state index is 2.67. The van der Waals surface area contributed by atoms with E-state index < -0.39 is 23.0 Å². The molecule has 2 aromatic carbocycles. The van der Waals surface area contributed by atoms with E-state index in [-0.39, 0.29) is 51.4 Å². The monoisotopic (exact) mass is 450 g/mol. The molecule has 148 valence electrons. The molecule has 0 spiro atoms. The summed E-state index contributed by atoms with van der Waals surface area (Å²) in [5.74, 6) is 0. The molecular weight excluding hydrogens is 412 g/mol. The van der Waals surface area contributed by atoms with Gasteiger partial charge in [-0.25, -0.2) is 5.19 Å². The Balaban J connectivity index is 0.00000392. The molecule has 0 aliphatic carbocycles. The first-order valence-electron chi connectivity index (χ1n) is 10.2. The van der Waals surface area contributed by atoms with Gasteiger partial charge in [-0.1, -0.05) is 148 Å². The van der Waals surface area contributed by atoms with Gasteiger partial charge >= 0.3 is 51.4 Å². The maximum atomic E-state index is 2.67. The number of hydrogen-bond donors (Lipinski definition) is 0. The van der Waals surface area contributed by atoms with E-state index in [0.29, 0.717) is 10.1 Å². The van der Waals surface area contributed by atoms with Crippen LogP contribution in [0.1, 0.15) is 41.5 Å². The first-order valence-corrected chi connectivity index (χ1v) is 19.7. The summed E-state index contributed by atoms with van der Waals surface area (Å²) in [5, 5.41) is 2.53. The molecule has 0 amide bonds. The zero-order chi connectivity index (χ0) is 20.7. The second-order valence-corrected chi connectivity index (χ2v) is 33.9. The van der Waals surface area contributed by atoms with Gasteiger partial charge in [0, 0.05) is 0 Å². The molecule has 0 unspecified atom stereocenters. The van der Waals surface area contributed by atoms with Crippen molar-refractivity contribution in [3.05, 3.63) is 54.6 Å². The summed E-state index contributed by atoms with van der Waals surface area (Å²) >= 11 is 0. The van der Waals surface area contributed by atoms with Gasteiger partial charge in [0.2, 0.25) is 0 Å². The van der Waals surface area contributed by atoms with Crippen LogP contribution in [0.3, 0.4) is 0 Å². The Morgan fingerprint density at radius 1 is 0.571 bits per heavy atom. The van der Waals surface area contributed by atoms with E-state index in [0.717, 1.165) is 0 Å². The van der Waals surface area contributed by atoms with Crippen LogP contribution < -0.4 is 56.6 Å². The molecule has 0 radical (unpaired) electrons. The summed E-state index contributed by atoms with van der Waals surface area (Å²) < 4.78 is 0. The summed E-state index contributed by atoms with van der Waals surface area (Å²) in [5.41, 5.74) is 2.66. The van der Waals surface area contributed by atoms with Crippen LogP contribution in [0.5, 0.6) is 0 Å². The van der Waals surface area contributed by atoms with Crippen LogP contribution in [-0.2, 0) is 0 Å². The number of rotatable bonds is 4. The second kappa shape index (κ2) is 9.47. The minimum Gasteiger partial charge on any atom is -0.279 e. The fraction of sp³-hybridized carbons (Fsp3) is 0.500. The third kappa shape index (κ3) is 5.50. The van der Waals surface area contributed by atoms with Crippen molar-refractivity contribution in [1.82, 2.24) is 0 Å². The summed E-state index contributed by atoms with van der Waals surface area (Å²) in [6, 6.07) is 20.5. The van der Waals surface area contributed by atoms with Crippen LogP contribution in [0, 0.1) is 0 Å². The van der Waals surface area contributed by atoms with E-state index >= 15 is 0 Å². The van der Waals surface area contributed by atoms with Crippen LogP contribution in [0.2, 0.25) is 36.3 Å². The molecule has 0 aromatic heterocycles. The van der Waals surface area contributed by atoms with Gasteiger partial charge in [-0.15, -0.1) is 0 Å². The second-order valence-electron chi connectivity index (χ2n) is 11.1. The molecule has 2 aromatic rings. The predicted octanol–water partition coefficient (Wildman–Crippen LogP) is 4.23. The van der Waals surface area contributed by atoms with Gasteiger partial charge in [0.05, 0.1) is 0 Å². The van der Waals surface area contributed by atoms with Gasteiger partial charge in [0.15, 0.2) is 0 Å². The summed E-state index contributed by atoms with van der Waals surface area (Å²) in [7, 11) is -3.52. The van der Waals surface area contributed by atoms with E-state index in [9.17, 15) is 0 Å². The molecule has 0 fully saturated rings. The fourth-order valence-electron chi connectivity index (χ4n) is 3.71. The van der Waals surface area contributed by atoms with Crippen molar-refractivity contribution >= 4 is 28.2 Å². The fourth-order valence-corrected chi connectivity index (χ4v) is 44.0. The Labute approximate surface area is 220 Å². The van der Waals surface area contributed by atoms with Crippen molar-refractivity contribution in [3.63, 3.8) is 0 Å². The SMILES string of the molecule is CC(C)(C)[Si](C)(C)[Si-](c1ccc(-c2ccccc2)cc1)[Si](C)(C)C(C)(C)C.[K+]. The van der Waals surface area contributed by atoms with E-state index in [2.05, 4.69) is 122 Å².